The van der Waals surface area contributed by atoms with Gasteiger partial charge in [-0.25, -0.2) is 0 Å². The van der Waals surface area contributed by atoms with Crippen molar-refractivity contribution in [1.29, 1.82) is 0 Å². The van der Waals surface area contributed by atoms with Crippen LogP contribution in [-0.4, -0.2) is 30.5 Å². The average Bonchev–Trinajstić information content (AvgIpc) is 0.695. The van der Waals surface area contributed by atoms with E-state index >= 15 is 0 Å². The minimum absolute atomic E-state index is 0.0103. The molecule has 0 radical (unpaired) electrons. The number of benzene rings is 6. The molecule has 0 aliphatic carbocycles. The van der Waals surface area contributed by atoms with E-state index in [1.807, 2.05) is 0 Å². The molecule has 2 aliphatic rings. The molecular weight excluding hydrogens is 1300 g/mol. The molecule has 0 saturated heterocycles. The summed E-state index contributed by atoms with van der Waals surface area (Å²) in [6.45, 7) is 104. The fourth-order valence-electron chi connectivity index (χ4n) is 15.3. The van der Waals surface area contributed by atoms with Gasteiger partial charge in [-0.3, -0.25) is 0 Å². The molecule has 2 aliphatic heterocycles. The highest BCUT2D eigenvalue weighted by Gasteiger charge is 2.49. The zero-order chi connectivity index (χ0) is 77.9. The molecule has 0 amide bonds. The Morgan fingerprint density at radius 1 is 0.196 bits per heavy atom. The second-order valence-corrected chi connectivity index (χ2v) is 57.0. The third-order valence-corrected chi connectivity index (χ3v) is 36.4. The highest BCUT2D eigenvalue weighted by Crippen LogP contribution is 2.72. The number of rotatable bonds is 9. The van der Waals surface area contributed by atoms with Crippen LogP contribution in [0.15, 0.2) is 97.1 Å². The van der Waals surface area contributed by atoms with E-state index in [1.54, 1.807) is 42.4 Å². The average molecular weight is 1450 g/mol. The molecule has 102 heavy (non-hydrogen) atoms. The molecule has 4 heteroatoms. The van der Waals surface area contributed by atoms with Crippen molar-refractivity contribution in [2.24, 2.45) is 0 Å². The van der Waals surface area contributed by atoms with Gasteiger partial charge < -0.3 is 0 Å². The van der Waals surface area contributed by atoms with Crippen molar-refractivity contribution in [2.45, 2.75) is 378 Å². The first-order chi connectivity index (χ1) is 45.5. The van der Waals surface area contributed by atoms with Crippen molar-refractivity contribution in [3.05, 3.63) is 197 Å². The van der Waals surface area contributed by atoms with Gasteiger partial charge in [-0.1, -0.05) is 388 Å². The number of hydrogen-bond acceptors (Lipinski definition) is 0. The molecule has 0 nitrogen and oxygen atoms in total. The maximum Gasteiger partial charge on any atom is 0.0123 e. The third-order valence-electron chi connectivity index (χ3n) is 21.5. The van der Waals surface area contributed by atoms with Crippen LogP contribution in [0.5, 0.6) is 0 Å². The highest BCUT2D eigenvalue weighted by atomic mass is 31.2. The summed E-state index contributed by atoms with van der Waals surface area (Å²) >= 11 is 0. The van der Waals surface area contributed by atoms with Crippen LogP contribution in [0.25, 0.3) is 11.1 Å². The summed E-state index contributed by atoms with van der Waals surface area (Å²) in [5.74, 6) is 0. The summed E-state index contributed by atoms with van der Waals surface area (Å²) in [6.07, 6.45) is 2.04. The second-order valence-electron chi connectivity index (χ2n) is 45.7. The Morgan fingerprint density at radius 2 is 0.343 bits per heavy atom. The first-order valence-corrected chi connectivity index (χ1v) is 44.8. The Morgan fingerprint density at radius 3 is 0.461 bits per heavy atom. The van der Waals surface area contributed by atoms with Crippen molar-refractivity contribution >= 4 is 50.3 Å². The summed E-state index contributed by atoms with van der Waals surface area (Å²) < 4.78 is 0. The topological polar surface area (TPSA) is 0 Å². The monoisotopic (exact) mass is 1450 g/mol. The van der Waals surface area contributed by atoms with Gasteiger partial charge in [0.1, 0.15) is 0 Å². The Labute approximate surface area is 632 Å². The fraction of sp³-hybridized carbons (Fsp3) is 0.592. The van der Waals surface area contributed by atoms with Crippen LogP contribution in [0.3, 0.4) is 0 Å². The lowest BCUT2D eigenvalue weighted by molar-refractivity contribution is 0.546. The van der Waals surface area contributed by atoms with E-state index in [0.717, 1.165) is 12.3 Å². The summed E-state index contributed by atoms with van der Waals surface area (Å²) in [4.78, 5) is 0. The lowest BCUT2D eigenvalue weighted by Gasteiger charge is -2.48. The van der Waals surface area contributed by atoms with Crippen LogP contribution < -0.4 is 0 Å². The lowest BCUT2D eigenvalue weighted by Crippen LogP contribution is -2.35. The molecule has 0 N–H and O–H groups in total. The molecule has 2 heterocycles. The Balaban J connectivity index is 1.42. The molecule has 0 bridgehead atoms. The summed E-state index contributed by atoms with van der Waals surface area (Å²) in [7, 11) is -3.10. The minimum Gasteiger partial charge on any atom is -0.103 e. The van der Waals surface area contributed by atoms with E-state index in [1.165, 1.54) is 89.0 Å². The molecule has 6 aromatic carbocycles. The summed E-state index contributed by atoms with van der Waals surface area (Å²) in [5.41, 5.74) is 29.4. The summed E-state index contributed by atoms with van der Waals surface area (Å²) in [5, 5.41) is 7.15. The van der Waals surface area contributed by atoms with Crippen molar-refractivity contribution in [3.8, 4) is 11.1 Å². The quantitative estimate of drug-likeness (QED) is 0.127. The van der Waals surface area contributed by atoms with Crippen LogP contribution in [0, 0.1) is 0 Å². The molecule has 0 fully saturated rings. The zero-order valence-electron chi connectivity index (χ0n) is 73.4. The maximum atomic E-state index is 2.65. The molecule has 0 unspecified atom stereocenters. The van der Waals surface area contributed by atoms with Crippen molar-refractivity contribution < 1.29 is 0 Å². The molecule has 0 atom stereocenters. The third kappa shape index (κ3) is 17.4. The van der Waals surface area contributed by atoms with Crippen LogP contribution in [0.2, 0.25) is 0 Å². The van der Waals surface area contributed by atoms with Crippen LogP contribution in [0.4, 0.5) is 0 Å². The maximum absolute atomic E-state index is 2.65. The van der Waals surface area contributed by atoms with Gasteiger partial charge in [0.2, 0.25) is 0 Å². The number of hydrogen-bond donors (Lipinski definition) is 0. The first-order valence-electron chi connectivity index (χ1n) is 39.1. The van der Waals surface area contributed by atoms with Gasteiger partial charge in [0.15, 0.2) is 0 Å². The molecule has 0 spiro atoms. The molecule has 0 aromatic heterocycles. The fourth-order valence-corrected chi connectivity index (χ4v) is 33.6. The van der Waals surface area contributed by atoms with Gasteiger partial charge in [-0.05, 0) is 202 Å². The van der Waals surface area contributed by atoms with Crippen molar-refractivity contribution in [3.63, 3.8) is 0 Å². The van der Waals surface area contributed by atoms with Crippen LogP contribution >= 0.6 is 30.2 Å². The van der Waals surface area contributed by atoms with Gasteiger partial charge in [0, 0.05) is 32.5 Å². The van der Waals surface area contributed by atoms with Gasteiger partial charge in [-0.2, -0.15) is 0 Å². The molecule has 558 valence electrons. The standard InChI is InChI=1S/C98H146P4/c1-85(2,3)65-51-69(89(13,14)15)77(70(52-65)90(16,17)18)81-99(82(101(81)97(37,38)39)78-71(91(19,20)21)53-66(86(4,5)6)54-72(78)92(22,23)24)59-61-43-47-63(48-44-61)64-49-45-62(46-50-64)60-100-83(79-73(93(25,26)27)55-67(87(7,8)9)56-74(79)94(28,29)30)102(98(40,41)42)84(100)80-75(95(31,32)33)57-68(88(10,11)12)58-76(80)96(34,35)36/h43-58H,59-60H2,1-42H3. The van der Waals surface area contributed by atoms with Gasteiger partial charge in [0.05, 0.1) is 0 Å². The predicted molar refractivity (Wildman–Crippen MR) is 473 cm³/mol. The molecule has 8 rings (SSSR count). The molecule has 6 aromatic rings. The Hall–Kier alpha value is -3.74. The normalized spacial score (nSPS) is 17.8. The van der Waals surface area contributed by atoms with E-state index in [2.05, 4.69) is 388 Å². The Bertz CT molecular complexity index is 3740. The van der Waals surface area contributed by atoms with Gasteiger partial charge in [-0.15, -0.1) is 14.3 Å². The van der Waals surface area contributed by atoms with Crippen molar-refractivity contribution in [2.75, 3.05) is 0 Å². The van der Waals surface area contributed by atoms with Crippen molar-refractivity contribution in [1.82, 2.24) is 0 Å². The van der Waals surface area contributed by atoms with Crippen LogP contribution in [0.1, 0.15) is 391 Å². The van der Waals surface area contributed by atoms with Crippen LogP contribution in [-0.2, 0) is 77.3 Å². The predicted octanol–water partition coefficient (Wildman–Crippen LogP) is 30.2. The van der Waals surface area contributed by atoms with E-state index in [4.69, 9.17) is 0 Å². The smallest absolute Gasteiger partial charge is 0.0123 e. The second kappa shape index (κ2) is 27.1. The van der Waals surface area contributed by atoms with E-state index < -0.39 is 30.2 Å². The van der Waals surface area contributed by atoms with Gasteiger partial charge >= 0.3 is 0 Å². The largest absolute Gasteiger partial charge is 0.103 e. The SMILES string of the molecule is CC(C)(C)c1cc(C(C)(C)C)c(C2=P(Cc3ccc(-c4ccc(CP5=C(c6c(C(C)(C)C)cc(C(C)(C)C)cc6C(C)(C)C)P(C(C)(C)C)C=5c5c(C(C)(C)C)cc(C(C)(C)C)cc5C(C)(C)C)cc4)cc3)=C(c3c(C(C)(C)C)cc(C(C)(C)C)cc3C(C)(C)C)P2C(C)(C)C)c(C(C)(C)C)c1. The first kappa shape index (κ1) is 83.9. The van der Waals surface area contributed by atoms with E-state index in [-0.39, 0.29) is 75.3 Å². The summed E-state index contributed by atoms with van der Waals surface area (Å²) in [6, 6.07) is 41.2. The molecule has 0 saturated carbocycles. The lowest BCUT2D eigenvalue weighted by atomic mass is 9.72. The van der Waals surface area contributed by atoms with E-state index in [9.17, 15) is 0 Å². The minimum atomic E-state index is -0.799. The molecular formula is C98H146P4. The zero-order valence-corrected chi connectivity index (χ0v) is 77.0. The van der Waals surface area contributed by atoms with E-state index in [0.29, 0.717) is 0 Å². The van der Waals surface area contributed by atoms with Gasteiger partial charge in [0.25, 0.3) is 0 Å². The Kier molecular flexibility index (Phi) is 22.3. The highest BCUT2D eigenvalue weighted by molar-refractivity contribution is 8.16.